The number of carbonyl (C=O) groups excluding carboxylic acids is 1. The van der Waals surface area contributed by atoms with Crippen LogP contribution in [-0.4, -0.2) is 48.7 Å². The summed E-state index contributed by atoms with van der Waals surface area (Å²) < 4.78 is 5.48. The molecule has 1 aliphatic heterocycles. The standard InChI is InChI=1S/C20H24N2O3/c1-15-6-7-19(16(2)12-15)21-8-10-22(11-9-21)20(24)14-25-18-5-3-4-17(23)13-18/h3-7,12-13,23H,8-11,14H2,1-2H3. The minimum absolute atomic E-state index is 0.00693. The number of aryl methyl sites for hydroxylation is 2. The summed E-state index contributed by atoms with van der Waals surface area (Å²) in [5.41, 5.74) is 3.78. The molecule has 0 atom stereocenters. The number of piperazine rings is 1. The smallest absolute Gasteiger partial charge is 0.260 e. The number of phenols is 1. The van der Waals surface area contributed by atoms with Gasteiger partial charge in [0, 0.05) is 37.9 Å². The van der Waals surface area contributed by atoms with Gasteiger partial charge in [0.1, 0.15) is 11.5 Å². The summed E-state index contributed by atoms with van der Waals surface area (Å²) in [6.07, 6.45) is 0. The minimum atomic E-state index is -0.0244. The molecule has 2 aromatic carbocycles. The quantitative estimate of drug-likeness (QED) is 0.930. The molecule has 1 heterocycles. The highest BCUT2D eigenvalue weighted by Crippen LogP contribution is 2.22. The third kappa shape index (κ3) is 4.24. The van der Waals surface area contributed by atoms with Crippen LogP contribution in [0.1, 0.15) is 11.1 Å². The maximum Gasteiger partial charge on any atom is 0.260 e. The number of hydrogen-bond donors (Lipinski definition) is 1. The first-order valence-electron chi connectivity index (χ1n) is 8.55. The van der Waals surface area contributed by atoms with Crippen molar-refractivity contribution in [1.82, 2.24) is 4.90 Å². The van der Waals surface area contributed by atoms with Crippen LogP contribution >= 0.6 is 0 Å². The Morgan fingerprint density at radius 2 is 1.84 bits per heavy atom. The SMILES string of the molecule is Cc1ccc(N2CCN(C(=O)COc3cccc(O)c3)CC2)c(C)c1. The van der Waals surface area contributed by atoms with Gasteiger partial charge in [-0.1, -0.05) is 23.8 Å². The van der Waals surface area contributed by atoms with Gasteiger partial charge in [0.2, 0.25) is 0 Å². The molecule has 1 aliphatic rings. The van der Waals surface area contributed by atoms with E-state index in [0.29, 0.717) is 18.8 Å². The summed E-state index contributed by atoms with van der Waals surface area (Å²) in [4.78, 5) is 16.5. The fraction of sp³-hybridized carbons (Fsp3) is 0.350. The second-order valence-electron chi connectivity index (χ2n) is 6.44. The van der Waals surface area contributed by atoms with Crippen LogP contribution in [0.4, 0.5) is 5.69 Å². The van der Waals surface area contributed by atoms with E-state index in [2.05, 4.69) is 36.9 Å². The lowest BCUT2D eigenvalue weighted by molar-refractivity contribution is -0.133. The number of aromatic hydroxyl groups is 1. The molecule has 1 fully saturated rings. The first kappa shape index (κ1) is 17.1. The average Bonchev–Trinajstić information content (AvgIpc) is 2.60. The Balaban J connectivity index is 1.52. The van der Waals surface area contributed by atoms with Crippen molar-refractivity contribution in [3.63, 3.8) is 0 Å². The summed E-state index contributed by atoms with van der Waals surface area (Å²) in [5, 5.41) is 9.42. The van der Waals surface area contributed by atoms with Gasteiger partial charge in [-0.15, -0.1) is 0 Å². The Bertz CT molecular complexity index is 752. The van der Waals surface area contributed by atoms with E-state index >= 15 is 0 Å². The maximum absolute atomic E-state index is 12.3. The highest BCUT2D eigenvalue weighted by atomic mass is 16.5. The molecular weight excluding hydrogens is 316 g/mol. The van der Waals surface area contributed by atoms with Gasteiger partial charge >= 0.3 is 0 Å². The van der Waals surface area contributed by atoms with Gasteiger partial charge in [0.05, 0.1) is 0 Å². The average molecular weight is 340 g/mol. The molecule has 25 heavy (non-hydrogen) atoms. The van der Waals surface area contributed by atoms with E-state index in [-0.39, 0.29) is 18.3 Å². The van der Waals surface area contributed by atoms with Crippen molar-refractivity contribution in [3.05, 3.63) is 53.6 Å². The second kappa shape index (κ2) is 7.47. The van der Waals surface area contributed by atoms with Crippen LogP contribution in [0.5, 0.6) is 11.5 Å². The zero-order valence-electron chi connectivity index (χ0n) is 14.7. The molecule has 1 saturated heterocycles. The predicted octanol–water partition coefficient (Wildman–Crippen LogP) is 2.74. The largest absolute Gasteiger partial charge is 0.508 e. The zero-order valence-corrected chi connectivity index (χ0v) is 14.7. The van der Waals surface area contributed by atoms with Gasteiger partial charge in [-0.25, -0.2) is 0 Å². The molecule has 0 spiro atoms. The molecule has 5 heteroatoms. The third-order valence-electron chi connectivity index (χ3n) is 4.51. The van der Waals surface area contributed by atoms with Crippen molar-refractivity contribution in [1.29, 1.82) is 0 Å². The summed E-state index contributed by atoms with van der Waals surface area (Å²) in [6.45, 7) is 7.24. The number of rotatable bonds is 4. The van der Waals surface area contributed by atoms with Gasteiger partial charge in [0.15, 0.2) is 6.61 Å². The third-order valence-corrected chi connectivity index (χ3v) is 4.51. The second-order valence-corrected chi connectivity index (χ2v) is 6.44. The van der Waals surface area contributed by atoms with Gasteiger partial charge in [-0.2, -0.15) is 0 Å². The van der Waals surface area contributed by atoms with E-state index in [9.17, 15) is 9.90 Å². The fourth-order valence-electron chi connectivity index (χ4n) is 3.17. The number of phenolic OH excluding ortho intramolecular Hbond substituents is 1. The van der Waals surface area contributed by atoms with Crippen molar-refractivity contribution in [2.45, 2.75) is 13.8 Å². The van der Waals surface area contributed by atoms with E-state index in [1.54, 1.807) is 18.2 Å². The number of hydrogen-bond acceptors (Lipinski definition) is 4. The van der Waals surface area contributed by atoms with Crippen LogP contribution < -0.4 is 9.64 Å². The number of nitrogens with zero attached hydrogens (tertiary/aromatic N) is 2. The fourth-order valence-corrected chi connectivity index (χ4v) is 3.17. The topological polar surface area (TPSA) is 53.0 Å². The van der Waals surface area contributed by atoms with Crippen molar-refractivity contribution in [2.24, 2.45) is 0 Å². The minimum Gasteiger partial charge on any atom is -0.508 e. The van der Waals surface area contributed by atoms with E-state index in [4.69, 9.17) is 4.74 Å². The predicted molar refractivity (Wildman–Crippen MR) is 98.3 cm³/mol. The Morgan fingerprint density at radius 1 is 1.08 bits per heavy atom. The first-order valence-corrected chi connectivity index (χ1v) is 8.55. The van der Waals surface area contributed by atoms with Crippen molar-refractivity contribution >= 4 is 11.6 Å². The Morgan fingerprint density at radius 3 is 2.52 bits per heavy atom. The van der Waals surface area contributed by atoms with Crippen LogP contribution in [0.25, 0.3) is 0 Å². The van der Waals surface area contributed by atoms with Crippen LogP contribution in [0.15, 0.2) is 42.5 Å². The lowest BCUT2D eigenvalue weighted by Gasteiger charge is -2.36. The molecule has 0 aromatic heterocycles. The Labute approximate surface area is 148 Å². The molecule has 3 rings (SSSR count). The van der Waals surface area contributed by atoms with Crippen LogP contribution in [0, 0.1) is 13.8 Å². The maximum atomic E-state index is 12.3. The monoisotopic (exact) mass is 340 g/mol. The van der Waals surface area contributed by atoms with Crippen LogP contribution in [0.2, 0.25) is 0 Å². The van der Waals surface area contributed by atoms with E-state index in [0.717, 1.165) is 13.1 Å². The van der Waals surface area contributed by atoms with Gasteiger partial charge in [-0.05, 0) is 37.6 Å². The Hall–Kier alpha value is -2.69. The summed E-state index contributed by atoms with van der Waals surface area (Å²) in [7, 11) is 0. The molecular formula is C20H24N2O3. The first-order chi connectivity index (χ1) is 12.0. The van der Waals surface area contributed by atoms with Crippen molar-refractivity contribution < 1.29 is 14.6 Å². The summed E-state index contributed by atoms with van der Waals surface area (Å²) in [6, 6.07) is 13.0. The van der Waals surface area contributed by atoms with Crippen LogP contribution in [0.3, 0.4) is 0 Å². The van der Waals surface area contributed by atoms with Crippen molar-refractivity contribution in [3.8, 4) is 11.5 Å². The van der Waals surface area contributed by atoms with Gasteiger partial charge in [-0.3, -0.25) is 4.79 Å². The molecule has 0 bridgehead atoms. The molecule has 2 aromatic rings. The number of ether oxygens (including phenoxy) is 1. The number of benzene rings is 2. The molecule has 5 nitrogen and oxygen atoms in total. The molecule has 132 valence electrons. The molecule has 0 unspecified atom stereocenters. The molecule has 0 radical (unpaired) electrons. The molecule has 1 amide bonds. The normalized spacial score (nSPS) is 14.5. The summed E-state index contributed by atoms with van der Waals surface area (Å²) >= 11 is 0. The number of amides is 1. The van der Waals surface area contributed by atoms with Gasteiger partial charge in [0.25, 0.3) is 5.91 Å². The Kier molecular flexibility index (Phi) is 5.12. The molecule has 1 N–H and O–H groups in total. The zero-order chi connectivity index (χ0) is 17.8. The molecule has 0 saturated carbocycles. The van der Waals surface area contributed by atoms with Crippen LogP contribution in [-0.2, 0) is 4.79 Å². The lowest BCUT2D eigenvalue weighted by atomic mass is 10.1. The molecule has 0 aliphatic carbocycles. The number of carbonyl (C=O) groups is 1. The van der Waals surface area contributed by atoms with Crippen molar-refractivity contribution in [2.75, 3.05) is 37.7 Å². The number of anilines is 1. The van der Waals surface area contributed by atoms with Gasteiger partial charge < -0.3 is 19.6 Å². The van der Waals surface area contributed by atoms with E-state index in [1.807, 2.05) is 4.90 Å². The highest BCUT2D eigenvalue weighted by molar-refractivity contribution is 5.78. The summed E-state index contributed by atoms with van der Waals surface area (Å²) in [5.74, 6) is 0.609. The van der Waals surface area contributed by atoms with E-state index < -0.39 is 0 Å². The lowest BCUT2D eigenvalue weighted by Crippen LogP contribution is -2.50. The van der Waals surface area contributed by atoms with E-state index in [1.165, 1.54) is 22.9 Å². The highest BCUT2D eigenvalue weighted by Gasteiger charge is 2.22.